The summed E-state index contributed by atoms with van der Waals surface area (Å²) in [4.78, 5) is 35.6. The second-order valence-electron chi connectivity index (χ2n) is 9.37. The third-order valence-electron chi connectivity index (χ3n) is 6.53. The third kappa shape index (κ3) is 7.16. The van der Waals surface area contributed by atoms with Gasteiger partial charge in [-0.25, -0.2) is 9.59 Å². The highest BCUT2D eigenvalue weighted by Gasteiger charge is 2.40. The molecule has 2 aromatic heterocycles. The fraction of sp³-hybridized carbons (Fsp3) is 0.630. The smallest absolute Gasteiger partial charge is 0.425 e. The van der Waals surface area contributed by atoms with Crippen LogP contribution in [-0.2, 0) is 14.2 Å². The van der Waals surface area contributed by atoms with Crippen LogP contribution in [0.1, 0.15) is 84.3 Å². The number of terminal acetylenes is 1. The minimum absolute atomic E-state index is 0.0424. The van der Waals surface area contributed by atoms with Crippen LogP contribution >= 0.6 is 11.6 Å². The zero-order chi connectivity index (χ0) is 27.5. The molecule has 0 radical (unpaired) electrons. The van der Waals surface area contributed by atoms with Gasteiger partial charge in [0.05, 0.1) is 25.2 Å². The number of anilines is 1. The zero-order valence-corrected chi connectivity index (χ0v) is 22.9. The fourth-order valence-electron chi connectivity index (χ4n) is 4.35. The number of fused-ring (bicyclic) bond motifs is 1. The number of halogens is 1. The van der Waals surface area contributed by atoms with Gasteiger partial charge >= 0.3 is 12.2 Å². The van der Waals surface area contributed by atoms with E-state index < -0.39 is 24.0 Å². The molecule has 0 spiro atoms. The Hall–Kier alpha value is -2.87. The van der Waals surface area contributed by atoms with E-state index in [0.717, 1.165) is 43.4 Å². The van der Waals surface area contributed by atoms with Crippen LogP contribution in [0.2, 0.25) is 5.28 Å². The van der Waals surface area contributed by atoms with E-state index >= 15 is 0 Å². The standard InChI is InChI=1S/C27H37ClN4O6/c1-4-7-9-11-17-36-25(34)32(26(35)37-18-12-10-8-5-2)23-20-14-16-31(22(20)29-24(28)30-23)21-13-15-27(6-3,19-33)38-21/h3,14,16,21,33H,4-5,7-13,15,17-19H2,1-2H3/t21-,27+/m1/s1. The Morgan fingerprint density at radius 1 is 1.16 bits per heavy atom. The molecule has 3 heterocycles. The summed E-state index contributed by atoms with van der Waals surface area (Å²) in [6.45, 7) is 4.18. The Balaban J connectivity index is 1.90. The highest BCUT2D eigenvalue weighted by Crippen LogP contribution is 2.38. The molecule has 0 aliphatic carbocycles. The van der Waals surface area contributed by atoms with E-state index in [1.807, 2.05) is 0 Å². The molecule has 0 aromatic carbocycles. The summed E-state index contributed by atoms with van der Waals surface area (Å²) in [7, 11) is 0. The van der Waals surface area contributed by atoms with Crippen molar-refractivity contribution >= 4 is 40.6 Å². The lowest BCUT2D eigenvalue weighted by Crippen LogP contribution is -2.39. The Bertz CT molecular complexity index is 1110. The summed E-state index contributed by atoms with van der Waals surface area (Å²) < 4.78 is 18.5. The molecular weight excluding hydrogens is 512 g/mol. The largest absolute Gasteiger partial charge is 0.449 e. The van der Waals surface area contributed by atoms with Gasteiger partial charge in [0, 0.05) is 6.20 Å². The van der Waals surface area contributed by atoms with Crippen LogP contribution in [0.5, 0.6) is 0 Å². The molecule has 1 fully saturated rings. The average molecular weight is 549 g/mol. The molecule has 2 aromatic rings. The number of carbonyl (C=O) groups excluding carboxylic acids is 2. The summed E-state index contributed by atoms with van der Waals surface area (Å²) in [6, 6.07) is 1.66. The maximum atomic E-state index is 13.2. The van der Waals surface area contributed by atoms with Crippen molar-refractivity contribution in [2.45, 2.75) is 89.9 Å². The number of imide groups is 1. The molecule has 38 heavy (non-hydrogen) atoms. The lowest BCUT2D eigenvalue weighted by Gasteiger charge is -2.22. The predicted molar refractivity (Wildman–Crippen MR) is 144 cm³/mol. The lowest BCUT2D eigenvalue weighted by atomic mass is 10.0. The van der Waals surface area contributed by atoms with Crippen molar-refractivity contribution in [3.05, 3.63) is 17.5 Å². The van der Waals surface area contributed by atoms with Crippen molar-refractivity contribution in [1.82, 2.24) is 14.5 Å². The zero-order valence-electron chi connectivity index (χ0n) is 22.2. The van der Waals surface area contributed by atoms with Gasteiger partial charge in [-0.1, -0.05) is 58.3 Å². The van der Waals surface area contributed by atoms with E-state index in [1.165, 1.54) is 0 Å². The molecule has 11 heteroatoms. The number of amides is 2. The second-order valence-corrected chi connectivity index (χ2v) is 9.71. The molecule has 1 N–H and O–H groups in total. The van der Waals surface area contributed by atoms with Gasteiger partial charge in [0.25, 0.3) is 0 Å². The van der Waals surface area contributed by atoms with Gasteiger partial charge in [-0.2, -0.15) is 14.9 Å². The van der Waals surface area contributed by atoms with Crippen molar-refractivity contribution in [3.63, 3.8) is 0 Å². The molecule has 10 nitrogen and oxygen atoms in total. The van der Waals surface area contributed by atoms with Crippen LogP contribution in [0.15, 0.2) is 12.3 Å². The highest BCUT2D eigenvalue weighted by atomic mass is 35.5. The molecule has 208 valence electrons. The summed E-state index contributed by atoms with van der Waals surface area (Å²) in [6.07, 6.45) is 13.3. The number of hydrogen-bond acceptors (Lipinski definition) is 8. The van der Waals surface area contributed by atoms with Crippen LogP contribution in [0, 0.1) is 12.3 Å². The number of ether oxygens (including phenoxy) is 3. The first-order valence-corrected chi connectivity index (χ1v) is 13.7. The summed E-state index contributed by atoms with van der Waals surface area (Å²) in [5.41, 5.74) is -0.747. The van der Waals surface area contributed by atoms with Gasteiger partial charge in [0.1, 0.15) is 11.9 Å². The minimum atomic E-state index is -1.09. The SMILES string of the molecule is C#C[C@@]1(CO)CC[C@H](n2ccc3c(N(C(=O)OCCCCCC)C(=O)OCCCCCC)nc(Cl)nc32)O1. The minimum Gasteiger partial charge on any atom is -0.449 e. The molecule has 0 bridgehead atoms. The van der Waals surface area contributed by atoms with E-state index in [9.17, 15) is 14.7 Å². The van der Waals surface area contributed by atoms with Gasteiger partial charge in [-0.3, -0.25) is 0 Å². The third-order valence-corrected chi connectivity index (χ3v) is 6.70. The maximum Gasteiger partial charge on any atom is 0.425 e. The molecular formula is C27H37ClN4O6. The molecule has 3 rings (SSSR count). The summed E-state index contributed by atoms with van der Waals surface area (Å²) in [5.74, 6) is 2.48. The van der Waals surface area contributed by atoms with Crippen molar-refractivity contribution in [2.24, 2.45) is 0 Å². The van der Waals surface area contributed by atoms with Crippen LogP contribution in [0.4, 0.5) is 15.4 Å². The molecule has 2 amide bonds. The average Bonchev–Trinajstić information content (AvgIpc) is 3.53. The quantitative estimate of drug-likeness (QED) is 0.184. The van der Waals surface area contributed by atoms with Crippen molar-refractivity contribution in [1.29, 1.82) is 0 Å². The Morgan fingerprint density at radius 3 is 2.32 bits per heavy atom. The van der Waals surface area contributed by atoms with Crippen LogP contribution in [-0.4, -0.2) is 57.2 Å². The topological polar surface area (TPSA) is 116 Å². The van der Waals surface area contributed by atoms with Gasteiger partial charge in [-0.05, 0) is 43.4 Å². The number of carbonyl (C=O) groups is 2. The van der Waals surface area contributed by atoms with Crippen molar-refractivity contribution in [3.8, 4) is 12.3 Å². The van der Waals surface area contributed by atoms with Crippen molar-refractivity contribution < 1.29 is 28.9 Å². The summed E-state index contributed by atoms with van der Waals surface area (Å²) >= 11 is 6.27. The van der Waals surface area contributed by atoms with Crippen LogP contribution < -0.4 is 4.90 Å². The predicted octanol–water partition coefficient (Wildman–Crippen LogP) is 6.00. The normalized spacial score (nSPS) is 18.9. The van der Waals surface area contributed by atoms with Crippen LogP contribution in [0.3, 0.4) is 0 Å². The number of aliphatic hydroxyl groups is 1. The number of nitrogens with zero attached hydrogens (tertiary/aromatic N) is 4. The van der Waals surface area contributed by atoms with E-state index in [-0.39, 0.29) is 30.9 Å². The molecule has 0 unspecified atom stereocenters. The molecule has 1 saturated heterocycles. The number of hydrogen-bond donors (Lipinski definition) is 1. The number of rotatable bonds is 13. The first-order chi connectivity index (χ1) is 18.4. The van der Waals surface area contributed by atoms with Gasteiger partial charge in [0.15, 0.2) is 11.4 Å². The first kappa shape index (κ1) is 29.7. The van der Waals surface area contributed by atoms with Gasteiger partial charge in [0.2, 0.25) is 5.28 Å². The first-order valence-electron chi connectivity index (χ1n) is 13.3. The van der Waals surface area contributed by atoms with Crippen LogP contribution in [0.25, 0.3) is 11.0 Å². The molecule has 2 atom stereocenters. The van der Waals surface area contributed by atoms with E-state index in [1.54, 1.807) is 16.8 Å². The van der Waals surface area contributed by atoms with E-state index in [2.05, 4.69) is 29.7 Å². The monoisotopic (exact) mass is 548 g/mol. The lowest BCUT2D eigenvalue weighted by molar-refractivity contribution is -0.0615. The van der Waals surface area contributed by atoms with Gasteiger partial charge < -0.3 is 23.9 Å². The maximum absolute atomic E-state index is 13.2. The van der Waals surface area contributed by atoms with E-state index in [0.29, 0.717) is 36.7 Å². The number of aromatic nitrogens is 3. The Labute approximate surface area is 228 Å². The molecule has 1 aliphatic rings. The Kier molecular flexibility index (Phi) is 11.2. The van der Waals surface area contributed by atoms with E-state index in [4.69, 9.17) is 32.2 Å². The second kappa shape index (κ2) is 14.3. The molecule has 0 saturated carbocycles. The Morgan fingerprint density at radius 2 is 1.79 bits per heavy atom. The summed E-state index contributed by atoms with van der Waals surface area (Å²) in [5, 5.41) is 9.94. The fourth-order valence-corrected chi connectivity index (χ4v) is 4.51. The number of aliphatic hydroxyl groups excluding tert-OH is 1. The molecule has 1 aliphatic heterocycles. The highest BCUT2D eigenvalue weighted by molar-refractivity contribution is 6.29. The van der Waals surface area contributed by atoms with Gasteiger partial charge in [-0.15, -0.1) is 6.42 Å². The van der Waals surface area contributed by atoms with Crippen molar-refractivity contribution in [2.75, 3.05) is 24.7 Å². The number of unbranched alkanes of at least 4 members (excludes halogenated alkanes) is 6.